The molecule has 0 aliphatic heterocycles. The van der Waals surface area contributed by atoms with Crippen LogP contribution in [0.15, 0.2) is 29.2 Å². The maximum absolute atomic E-state index is 11.8. The molecule has 0 saturated carbocycles. The molecule has 0 radical (unpaired) electrons. The van der Waals surface area contributed by atoms with E-state index in [1.54, 1.807) is 25.2 Å². The van der Waals surface area contributed by atoms with Gasteiger partial charge in [-0.15, -0.1) is 0 Å². The first-order valence-corrected chi connectivity index (χ1v) is 5.26. The Kier molecular flexibility index (Phi) is 2.69. The van der Waals surface area contributed by atoms with Crippen molar-refractivity contribution in [2.45, 2.75) is 0 Å². The molecule has 1 heterocycles. The van der Waals surface area contributed by atoms with E-state index in [1.165, 1.54) is 15.7 Å². The second-order valence-corrected chi connectivity index (χ2v) is 4.16. The molecule has 1 aromatic carbocycles. The number of rotatable bonds is 1. The molecule has 0 atom stereocenters. The first-order chi connectivity index (χ1) is 7.52. The second-order valence-electron chi connectivity index (χ2n) is 3.35. The maximum Gasteiger partial charge on any atom is 0.275 e. The fourth-order valence-corrected chi connectivity index (χ4v) is 2.08. The molecule has 0 bridgehead atoms. The number of nitrogen functional groups attached to an aromatic ring is 1. The summed E-state index contributed by atoms with van der Waals surface area (Å²) in [4.78, 5) is 13.0. The van der Waals surface area contributed by atoms with E-state index >= 15 is 0 Å². The quantitative estimate of drug-likeness (QED) is 0.794. The molecular formula is C10H9Cl2N3O. The van der Waals surface area contributed by atoms with Gasteiger partial charge in [-0.1, -0.05) is 29.3 Å². The zero-order valence-corrected chi connectivity index (χ0v) is 9.96. The van der Waals surface area contributed by atoms with Gasteiger partial charge in [0.2, 0.25) is 0 Å². The van der Waals surface area contributed by atoms with Crippen molar-refractivity contribution < 1.29 is 0 Å². The van der Waals surface area contributed by atoms with Gasteiger partial charge in [-0.25, -0.2) is 9.47 Å². The first-order valence-electron chi connectivity index (χ1n) is 4.50. The van der Waals surface area contributed by atoms with Crippen molar-refractivity contribution in [2.24, 2.45) is 7.05 Å². The molecule has 16 heavy (non-hydrogen) atoms. The number of nitrogens with two attached hydrogens (primary N) is 1. The number of aromatic nitrogens is 2. The SMILES string of the molecule is Cn1c(=O)c(-c2c(Cl)cccc2Cl)cn1N. The minimum absolute atomic E-state index is 0.238. The predicted molar refractivity (Wildman–Crippen MR) is 65.3 cm³/mol. The zero-order valence-electron chi connectivity index (χ0n) is 8.45. The van der Waals surface area contributed by atoms with E-state index in [4.69, 9.17) is 29.0 Å². The van der Waals surface area contributed by atoms with Gasteiger partial charge in [0.15, 0.2) is 0 Å². The van der Waals surface area contributed by atoms with Crippen molar-refractivity contribution in [3.8, 4) is 11.1 Å². The van der Waals surface area contributed by atoms with Crippen LogP contribution in [-0.2, 0) is 7.05 Å². The van der Waals surface area contributed by atoms with Crippen LogP contribution in [0, 0.1) is 0 Å². The van der Waals surface area contributed by atoms with Crippen LogP contribution >= 0.6 is 23.2 Å². The lowest BCUT2D eigenvalue weighted by molar-refractivity contribution is 0.613. The van der Waals surface area contributed by atoms with Crippen molar-refractivity contribution in [3.05, 3.63) is 44.8 Å². The highest BCUT2D eigenvalue weighted by atomic mass is 35.5. The van der Waals surface area contributed by atoms with Gasteiger partial charge < -0.3 is 5.84 Å². The van der Waals surface area contributed by atoms with Gasteiger partial charge in [0.1, 0.15) is 0 Å². The van der Waals surface area contributed by atoms with E-state index < -0.39 is 0 Å². The molecule has 0 aliphatic carbocycles. The minimum Gasteiger partial charge on any atom is -0.325 e. The number of nitrogens with zero attached hydrogens (tertiary/aromatic N) is 2. The van der Waals surface area contributed by atoms with Crippen molar-refractivity contribution in [1.82, 2.24) is 9.47 Å². The van der Waals surface area contributed by atoms with Gasteiger partial charge in [-0.05, 0) is 12.1 Å². The van der Waals surface area contributed by atoms with Crippen molar-refractivity contribution in [3.63, 3.8) is 0 Å². The van der Waals surface area contributed by atoms with Crippen LogP contribution in [0.3, 0.4) is 0 Å². The molecule has 6 heteroatoms. The molecule has 84 valence electrons. The third-order valence-electron chi connectivity index (χ3n) is 2.36. The number of hydrogen-bond donors (Lipinski definition) is 1. The summed E-state index contributed by atoms with van der Waals surface area (Å²) in [7, 11) is 1.57. The van der Waals surface area contributed by atoms with Gasteiger partial charge >= 0.3 is 0 Å². The lowest BCUT2D eigenvalue weighted by atomic mass is 10.1. The third-order valence-corrected chi connectivity index (χ3v) is 2.99. The minimum atomic E-state index is -0.238. The summed E-state index contributed by atoms with van der Waals surface area (Å²) in [6.07, 6.45) is 1.50. The first kappa shape index (κ1) is 11.1. The van der Waals surface area contributed by atoms with E-state index in [2.05, 4.69) is 0 Å². The monoisotopic (exact) mass is 257 g/mol. The fourth-order valence-electron chi connectivity index (χ4n) is 1.48. The summed E-state index contributed by atoms with van der Waals surface area (Å²) in [6, 6.07) is 5.07. The van der Waals surface area contributed by atoms with Crippen LogP contribution < -0.4 is 11.4 Å². The molecule has 0 amide bonds. The number of hydrogen-bond acceptors (Lipinski definition) is 2. The van der Waals surface area contributed by atoms with Crippen LogP contribution in [0.25, 0.3) is 11.1 Å². The lowest BCUT2D eigenvalue weighted by Crippen LogP contribution is -2.24. The largest absolute Gasteiger partial charge is 0.325 e. The van der Waals surface area contributed by atoms with Crippen LogP contribution in [0.4, 0.5) is 0 Å². The van der Waals surface area contributed by atoms with Crippen LogP contribution in [0.1, 0.15) is 0 Å². The Morgan fingerprint density at radius 1 is 1.25 bits per heavy atom. The van der Waals surface area contributed by atoms with Crippen LogP contribution in [0.5, 0.6) is 0 Å². The summed E-state index contributed by atoms with van der Waals surface area (Å²) < 4.78 is 1.27. The summed E-state index contributed by atoms with van der Waals surface area (Å²) in [5, 5.41) is 0.853. The molecule has 0 spiro atoms. The average molecular weight is 258 g/mol. The van der Waals surface area contributed by atoms with Gasteiger partial charge in [0, 0.05) is 12.6 Å². The molecule has 2 aromatic rings. The molecule has 0 saturated heterocycles. The maximum atomic E-state index is 11.8. The van der Waals surface area contributed by atoms with Gasteiger partial charge in [-0.3, -0.25) is 4.79 Å². The van der Waals surface area contributed by atoms with E-state index in [0.717, 1.165) is 0 Å². The Bertz CT molecular complexity index is 580. The van der Waals surface area contributed by atoms with Crippen molar-refractivity contribution >= 4 is 23.2 Å². The van der Waals surface area contributed by atoms with E-state index in [1.807, 2.05) is 0 Å². The summed E-state index contributed by atoms with van der Waals surface area (Å²) >= 11 is 12.0. The Hall–Kier alpha value is -1.39. The van der Waals surface area contributed by atoms with Crippen LogP contribution in [0.2, 0.25) is 10.0 Å². The summed E-state index contributed by atoms with van der Waals surface area (Å²) in [6.45, 7) is 0. The number of benzene rings is 1. The normalized spacial score (nSPS) is 10.7. The molecule has 0 fully saturated rings. The van der Waals surface area contributed by atoms with Crippen molar-refractivity contribution in [2.75, 3.05) is 5.84 Å². The molecule has 0 aliphatic rings. The Morgan fingerprint density at radius 2 is 1.81 bits per heavy atom. The van der Waals surface area contributed by atoms with Gasteiger partial charge in [0.05, 0.1) is 21.8 Å². The summed E-state index contributed by atoms with van der Waals surface area (Å²) in [5.74, 6) is 5.57. The highest BCUT2D eigenvalue weighted by Crippen LogP contribution is 2.32. The molecule has 2 rings (SSSR count). The van der Waals surface area contributed by atoms with Gasteiger partial charge in [0.25, 0.3) is 5.56 Å². The zero-order chi connectivity index (χ0) is 11.9. The fraction of sp³-hybridized carbons (Fsp3) is 0.100. The predicted octanol–water partition coefficient (Wildman–Crippen LogP) is 1.87. The topological polar surface area (TPSA) is 53.0 Å². The molecule has 0 unspecified atom stereocenters. The lowest BCUT2D eigenvalue weighted by Gasteiger charge is -2.02. The summed E-state index contributed by atoms with van der Waals surface area (Å²) in [5.41, 5.74) is 0.661. The Balaban J connectivity index is 2.78. The highest BCUT2D eigenvalue weighted by Gasteiger charge is 2.15. The Morgan fingerprint density at radius 3 is 2.25 bits per heavy atom. The van der Waals surface area contributed by atoms with E-state index in [9.17, 15) is 4.79 Å². The Labute approximate surface area is 102 Å². The van der Waals surface area contributed by atoms with Crippen LogP contribution in [-0.4, -0.2) is 9.47 Å². The molecule has 2 N–H and O–H groups in total. The molecular weight excluding hydrogens is 249 g/mol. The number of halogens is 2. The molecule has 4 nitrogen and oxygen atoms in total. The smallest absolute Gasteiger partial charge is 0.275 e. The van der Waals surface area contributed by atoms with Gasteiger partial charge in [-0.2, -0.15) is 0 Å². The highest BCUT2D eigenvalue weighted by molar-refractivity contribution is 6.39. The van der Waals surface area contributed by atoms with E-state index in [0.29, 0.717) is 21.2 Å². The van der Waals surface area contributed by atoms with Crippen molar-refractivity contribution in [1.29, 1.82) is 0 Å². The second kappa shape index (κ2) is 3.88. The standard InChI is InChI=1S/C10H9Cl2N3O/c1-14-10(16)6(5-15(14)13)9-7(11)3-2-4-8(9)12/h2-5H,13H2,1H3. The molecule has 1 aromatic heterocycles. The average Bonchev–Trinajstić information content (AvgIpc) is 2.47. The third kappa shape index (κ3) is 1.60. The van der Waals surface area contributed by atoms with E-state index in [-0.39, 0.29) is 5.56 Å².